The summed E-state index contributed by atoms with van der Waals surface area (Å²) in [5.74, 6) is -0.185. The Kier molecular flexibility index (Phi) is 5.84. The minimum Gasteiger partial charge on any atom is -0.382 e. The van der Waals surface area contributed by atoms with Gasteiger partial charge >= 0.3 is 0 Å². The number of aromatic nitrogens is 1. The van der Waals surface area contributed by atoms with Crippen molar-refractivity contribution in [2.45, 2.75) is 25.4 Å². The fourth-order valence-corrected chi connectivity index (χ4v) is 3.88. The van der Waals surface area contributed by atoms with E-state index in [1.165, 1.54) is 5.56 Å². The quantitative estimate of drug-likeness (QED) is 0.876. The van der Waals surface area contributed by atoms with Crippen LogP contribution in [0.3, 0.4) is 0 Å². The number of hydrogen-bond acceptors (Lipinski definition) is 5. The summed E-state index contributed by atoms with van der Waals surface area (Å²) in [5, 5.41) is 3.55. The summed E-state index contributed by atoms with van der Waals surface area (Å²) in [6, 6.07) is 9.78. The molecule has 0 radical (unpaired) electrons. The monoisotopic (exact) mass is 370 g/mol. The molecule has 2 aliphatic rings. The average molecular weight is 370 g/mol. The highest BCUT2D eigenvalue weighted by molar-refractivity contribution is 5.59. The van der Waals surface area contributed by atoms with E-state index in [0.717, 1.165) is 56.9 Å². The number of nitrogens with one attached hydrogen (secondary N) is 1. The number of halogens is 1. The number of hydrogen-bond donors (Lipinski definition) is 1. The van der Waals surface area contributed by atoms with E-state index in [1.54, 1.807) is 12.1 Å². The second-order valence-electron chi connectivity index (χ2n) is 7.35. The minimum absolute atomic E-state index is 0.185. The molecule has 6 heteroatoms. The highest BCUT2D eigenvalue weighted by Crippen LogP contribution is 2.25. The first kappa shape index (κ1) is 18.2. The Morgan fingerprint density at radius 3 is 2.67 bits per heavy atom. The molecule has 1 aromatic carbocycles. The summed E-state index contributed by atoms with van der Waals surface area (Å²) >= 11 is 0. The van der Waals surface area contributed by atoms with Gasteiger partial charge in [0.2, 0.25) is 0 Å². The van der Waals surface area contributed by atoms with Gasteiger partial charge in [0.05, 0.1) is 13.2 Å². The molecular weight excluding hydrogens is 343 g/mol. The van der Waals surface area contributed by atoms with Gasteiger partial charge < -0.3 is 15.0 Å². The Morgan fingerprint density at radius 1 is 1.11 bits per heavy atom. The van der Waals surface area contributed by atoms with Crippen LogP contribution in [-0.2, 0) is 11.3 Å². The van der Waals surface area contributed by atoms with Crippen molar-refractivity contribution >= 4 is 11.4 Å². The summed E-state index contributed by atoms with van der Waals surface area (Å²) in [4.78, 5) is 8.84. The van der Waals surface area contributed by atoms with Gasteiger partial charge in [-0.05, 0) is 42.7 Å². The van der Waals surface area contributed by atoms with Gasteiger partial charge in [-0.3, -0.25) is 9.88 Å². The van der Waals surface area contributed by atoms with Crippen LogP contribution < -0.4 is 10.2 Å². The third-order valence-corrected chi connectivity index (χ3v) is 5.35. The number of benzene rings is 1. The molecule has 0 atom stereocenters. The second kappa shape index (κ2) is 8.67. The maximum atomic E-state index is 14.1. The van der Waals surface area contributed by atoms with Crippen LogP contribution in [-0.4, -0.2) is 55.3 Å². The molecule has 3 heterocycles. The van der Waals surface area contributed by atoms with Crippen molar-refractivity contribution in [2.24, 2.45) is 0 Å². The van der Waals surface area contributed by atoms with Crippen LogP contribution in [0.25, 0.3) is 0 Å². The summed E-state index contributed by atoms with van der Waals surface area (Å²) in [5.41, 5.74) is 3.07. The Labute approximate surface area is 160 Å². The summed E-state index contributed by atoms with van der Waals surface area (Å²) < 4.78 is 19.5. The number of morpholine rings is 1. The largest absolute Gasteiger partial charge is 0.382 e. The molecule has 0 saturated carbocycles. The van der Waals surface area contributed by atoms with Gasteiger partial charge in [-0.2, -0.15) is 0 Å². The lowest BCUT2D eigenvalue weighted by Crippen LogP contribution is -2.39. The van der Waals surface area contributed by atoms with Crippen LogP contribution in [0, 0.1) is 5.82 Å². The van der Waals surface area contributed by atoms with Gasteiger partial charge in [-0.25, -0.2) is 4.39 Å². The van der Waals surface area contributed by atoms with E-state index in [9.17, 15) is 4.39 Å². The molecule has 0 bridgehead atoms. The normalized spacial score (nSPS) is 19.2. The Hall–Kier alpha value is -2.18. The molecule has 5 nitrogen and oxygen atoms in total. The van der Waals surface area contributed by atoms with Crippen molar-refractivity contribution < 1.29 is 9.13 Å². The summed E-state index contributed by atoms with van der Waals surface area (Å²) in [7, 11) is 0. The van der Waals surface area contributed by atoms with Crippen molar-refractivity contribution in [1.82, 2.24) is 9.88 Å². The van der Waals surface area contributed by atoms with Crippen LogP contribution in [0.5, 0.6) is 0 Å². The number of nitrogens with zero attached hydrogens (tertiary/aromatic N) is 3. The van der Waals surface area contributed by atoms with E-state index in [2.05, 4.69) is 32.2 Å². The zero-order valence-electron chi connectivity index (χ0n) is 15.6. The number of rotatable bonds is 5. The molecule has 2 aliphatic heterocycles. The molecule has 4 rings (SSSR count). The fourth-order valence-electron chi connectivity index (χ4n) is 3.88. The van der Waals surface area contributed by atoms with Crippen LogP contribution in [0.1, 0.15) is 18.4 Å². The molecule has 27 heavy (non-hydrogen) atoms. The number of likely N-dealkylation sites (tertiary alicyclic amines) is 1. The SMILES string of the molecule is Fc1cc(NC2CCN(Cc3cccnc3)CC2)cc(N2CCOCC2)c1. The van der Waals surface area contributed by atoms with Crippen LogP contribution in [0.2, 0.25) is 0 Å². The van der Waals surface area contributed by atoms with Crippen molar-refractivity contribution in [1.29, 1.82) is 0 Å². The Bertz CT molecular complexity index is 728. The number of piperidine rings is 1. The first-order chi connectivity index (χ1) is 13.3. The Morgan fingerprint density at radius 2 is 1.93 bits per heavy atom. The van der Waals surface area contributed by atoms with Gasteiger partial charge in [-0.15, -0.1) is 0 Å². The predicted octanol–water partition coefficient (Wildman–Crippen LogP) is 3.13. The zero-order chi connectivity index (χ0) is 18.5. The van der Waals surface area contributed by atoms with Crippen molar-refractivity contribution in [2.75, 3.05) is 49.6 Å². The van der Waals surface area contributed by atoms with Gasteiger partial charge in [-0.1, -0.05) is 6.07 Å². The van der Waals surface area contributed by atoms with Gasteiger partial charge in [0.15, 0.2) is 0 Å². The smallest absolute Gasteiger partial charge is 0.127 e. The molecule has 1 N–H and O–H groups in total. The maximum Gasteiger partial charge on any atom is 0.127 e. The van der Waals surface area contributed by atoms with Crippen molar-refractivity contribution in [3.8, 4) is 0 Å². The van der Waals surface area contributed by atoms with E-state index in [4.69, 9.17) is 4.74 Å². The minimum atomic E-state index is -0.185. The number of ether oxygens (including phenoxy) is 1. The molecule has 1 aromatic heterocycles. The summed E-state index contributed by atoms with van der Waals surface area (Å²) in [6.07, 6.45) is 5.86. The number of anilines is 2. The first-order valence-electron chi connectivity index (χ1n) is 9.77. The molecule has 2 saturated heterocycles. The molecule has 144 valence electrons. The maximum absolute atomic E-state index is 14.1. The third kappa shape index (κ3) is 4.96. The lowest BCUT2D eigenvalue weighted by Gasteiger charge is -2.33. The highest BCUT2D eigenvalue weighted by Gasteiger charge is 2.20. The van der Waals surface area contributed by atoms with E-state index in [-0.39, 0.29) is 5.82 Å². The third-order valence-electron chi connectivity index (χ3n) is 5.35. The topological polar surface area (TPSA) is 40.6 Å². The standard InChI is InChI=1S/C21H27FN4O/c22-18-12-20(14-21(13-18)26-8-10-27-11-9-26)24-19-3-6-25(7-4-19)16-17-2-1-5-23-15-17/h1-2,5,12-15,19,24H,3-4,6-11,16H2. The van der Waals surface area contributed by atoms with E-state index >= 15 is 0 Å². The lowest BCUT2D eigenvalue weighted by atomic mass is 10.0. The highest BCUT2D eigenvalue weighted by atomic mass is 19.1. The first-order valence-corrected chi connectivity index (χ1v) is 9.77. The molecule has 2 aromatic rings. The Balaban J connectivity index is 1.32. The molecule has 0 amide bonds. The fraction of sp³-hybridized carbons (Fsp3) is 0.476. The van der Waals surface area contributed by atoms with Crippen LogP contribution >= 0.6 is 0 Å². The van der Waals surface area contributed by atoms with E-state index in [0.29, 0.717) is 19.3 Å². The van der Waals surface area contributed by atoms with Gasteiger partial charge in [0, 0.05) is 62.5 Å². The second-order valence-corrected chi connectivity index (χ2v) is 7.35. The zero-order valence-corrected chi connectivity index (χ0v) is 15.6. The van der Waals surface area contributed by atoms with Gasteiger partial charge in [0.1, 0.15) is 5.82 Å². The molecule has 0 unspecified atom stereocenters. The van der Waals surface area contributed by atoms with Crippen LogP contribution in [0.15, 0.2) is 42.7 Å². The number of pyridine rings is 1. The van der Waals surface area contributed by atoms with E-state index in [1.807, 2.05) is 18.5 Å². The molecule has 0 spiro atoms. The predicted molar refractivity (Wildman–Crippen MR) is 106 cm³/mol. The molecular formula is C21H27FN4O. The van der Waals surface area contributed by atoms with Crippen molar-refractivity contribution in [3.63, 3.8) is 0 Å². The van der Waals surface area contributed by atoms with Crippen LogP contribution in [0.4, 0.5) is 15.8 Å². The summed E-state index contributed by atoms with van der Waals surface area (Å²) in [6.45, 7) is 6.06. The molecule has 2 fully saturated rings. The molecule has 0 aliphatic carbocycles. The van der Waals surface area contributed by atoms with Crippen molar-refractivity contribution in [3.05, 3.63) is 54.1 Å². The lowest BCUT2D eigenvalue weighted by molar-refractivity contribution is 0.122. The van der Waals surface area contributed by atoms with E-state index < -0.39 is 0 Å². The van der Waals surface area contributed by atoms with Gasteiger partial charge in [0.25, 0.3) is 0 Å². The average Bonchev–Trinajstić information content (AvgIpc) is 2.71.